The molecular weight excluding hydrogens is 192 g/mol. The van der Waals surface area contributed by atoms with E-state index in [1.54, 1.807) is 0 Å². The second kappa shape index (κ2) is 6.00. The van der Waals surface area contributed by atoms with Crippen LogP contribution in [0.15, 0.2) is 0 Å². The molecule has 1 fully saturated rings. The SMILES string of the molecule is CC(C)CC1CCCCC(Cl)C(C)C1. The zero-order chi connectivity index (χ0) is 10.6. The quantitative estimate of drug-likeness (QED) is 0.579. The van der Waals surface area contributed by atoms with Crippen LogP contribution in [0.3, 0.4) is 0 Å². The number of hydrogen-bond acceptors (Lipinski definition) is 0. The summed E-state index contributed by atoms with van der Waals surface area (Å²) in [6.45, 7) is 7.00. The van der Waals surface area contributed by atoms with Crippen LogP contribution in [0.2, 0.25) is 0 Å². The van der Waals surface area contributed by atoms with E-state index in [9.17, 15) is 0 Å². The van der Waals surface area contributed by atoms with Crippen molar-refractivity contribution < 1.29 is 0 Å². The van der Waals surface area contributed by atoms with Gasteiger partial charge in [-0.25, -0.2) is 0 Å². The summed E-state index contributed by atoms with van der Waals surface area (Å²) >= 11 is 6.35. The molecule has 0 heterocycles. The molecule has 1 aliphatic carbocycles. The zero-order valence-corrected chi connectivity index (χ0v) is 10.7. The summed E-state index contributed by atoms with van der Waals surface area (Å²) < 4.78 is 0. The molecule has 0 aliphatic heterocycles. The molecular formula is C13H25Cl. The normalized spacial score (nSPS) is 35.4. The van der Waals surface area contributed by atoms with E-state index in [4.69, 9.17) is 11.6 Å². The van der Waals surface area contributed by atoms with Crippen LogP contribution in [0, 0.1) is 17.8 Å². The van der Waals surface area contributed by atoms with Gasteiger partial charge in [-0.05, 0) is 37.0 Å². The lowest BCUT2D eigenvalue weighted by molar-refractivity contribution is 0.278. The van der Waals surface area contributed by atoms with Gasteiger partial charge in [0.25, 0.3) is 0 Å². The number of hydrogen-bond donors (Lipinski definition) is 0. The average Bonchev–Trinajstić information content (AvgIpc) is 2.08. The Morgan fingerprint density at radius 1 is 1.21 bits per heavy atom. The van der Waals surface area contributed by atoms with Gasteiger partial charge in [0.1, 0.15) is 0 Å². The highest BCUT2D eigenvalue weighted by atomic mass is 35.5. The lowest BCUT2D eigenvalue weighted by atomic mass is 9.81. The predicted octanol–water partition coefficient (Wildman–Crippen LogP) is 4.86. The fourth-order valence-electron chi connectivity index (χ4n) is 2.73. The zero-order valence-electron chi connectivity index (χ0n) is 9.93. The number of alkyl halides is 1. The molecule has 3 atom stereocenters. The Hall–Kier alpha value is 0.290. The third-order valence-corrected chi connectivity index (χ3v) is 4.12. The first kappa shape index (κ1) is 12.4. The summed E-state index contributed by atoms with van der Waals surface area (Å²) in [4.78, 5) is 0. The lowest BCUT2D eigenvalue weighted by Crippen LogP contribution is -2.19. The topological polar surface area (TPSA) is 0 Å². The third kappa shape index (κ3) is 4.21. The first-order valence-electron chi connectivity index (χ1n) is 6.23. The molecule has 0 N–H and O–H groups in total. The van der Waals surface area contributed by atoms with Crippen LogP contribution in [0.5, 0.6) is 0 Å². The molecule has 0 aromatic heterocycles. The summed E-state index contributed by atoms with van der Waals surface area (Å²) in [6.07, 6.45) is 8.16. The highest BCUT2D eigenvalue weighted by Gasteiger charge is 2.22. The van der Waals surface area contributed by atoms with E-state index in [2.05, 4.69) is 20.8 Å². The van der Waals surface area contributed by atoms with E-state index >= 15 is 0 Å². The Kier molecular flexibility index (Phi) is 5.30. The lowest BCUT2D eigenvalue weighted by Gasteiger charge is -2.28. The van der Waals surface area contributed by atoms with Gasteiger partial charge >= 0.3 is 0 Å². The van der Waals surface area contributed by atoms with Crippen molar-refractivity contribution in [1.82, 2.24) is 0 Å². The molecule has 1 rings (SSSR count). The highest BCUT2D eigenvalue weighted by molar-refractivity contribution is 6.20. The molecule has 0 spiro atoms. The van der Waals surface area contributed by atoms with Crippen molar-refractivity contribution in [2.45, 2.75) is 64.7 Å². The Morgan fingerprint density at radius 3 is 2.50 bits per heavy atom. The van der Waals surface area contributed by atoms with Crippen molar-refractivity contribution in [3.8, 4) is 0 Å². The Bertz CT molecular complexity index is 153. The van der Waals surface area contributed by atoms with Crippen molar-refractivity contribution >= 4 is 11.6 Å². The number of rotatable bonds is 2. The van der Waals surface area contributed by atoms with Crippen LogP contribution in [-0.4, -0.2) is 5.38 Å². The van der Waals surface area contributed by atoms with Crippen LogP contribution in [0.25, 0.3) is 0 Å². The minimum absolute atomic E-state index is 0.435. The van der Waals surface area contributed by atoms with Gasteiger partial charge in [0, 0.05) is 5.38 Å². The minimum Gasteiger partial charge on any atom is -0.123 e. The molecule has 1 saturated carbocycles. The van der Waals surface area contributed by atoms with Gasteiger partial charge in [0.15, 0.2) is 0 Å². The van der Waals surface area contributed by atoms with Crippen molar-refractivity contribution in [1.29, 1.82) is 0 Å². The highest BCUT2D eigenvalue weighted by Crippen LogP contribution is 2.32. The van der Waals surface area contributed by atoms with Gasteiger partial charge in [-0.15, -0.1) is 11.6 Å². The van der Waals surface area contributed by atoms with Gasteiger partial charge in [-0.1, -0.05) is 40.0 Å². The molecule has 0 radical (unpaired) electrons. The summed E-state index contributed by atoms with van der Waals surface area (Å²) in [6, 6.07) is 0. The Morgan fingerprint density at radius 2 is 1.86 bits per heavy atom. The van der Waals surface area contributed by atoms with Crippen LogP contribution >= 0.6 is 11.6 Å². The maximum absolute atomic E-state index is 6.35. The van der Waals surface area contributed by atoms with Gasteiger partial charge in [-0.2, -0.15) is 0 Å². The second-order valence-electron chi connectivity index (χ2n) is 5.51. The van der Waals surface area contributed by atoms with Crippen LogP contribution in [0.4, 0.5) is 0 Å². The van der Waals surface area contributed by atoms with Crippen molar-refractivity contribution in [3.05, 3.63) is 0 Å². The summed E-state index contributed by atoms with van der Waals surface area (Å²) in [5.41, 5.74) is 0. The maximum atomic E-state index is 6.35. The minimum atomic E-state index is 0.435. The van der Waals surface area contributed by atoms with Crippen molar-refractivity contribution in [2.24, 2.45) is 17.8 Å². The van der Waals surface area contributed by atoms with Gasteiger partial charge in [-0.3, -0.25) is 0 Å². The maximum Gasteiger partial charge on any atom is 0.0361 e. The molecule has 0 nitrogen and oxygen atoms in total. The number of halogens is 1. The molecule has 1 heteroatoms. The molecule has 84 valence electrons. The summed E-state index contributed by atoms with van der Waals surface area (Å²) in [5.74, 6) is 2.51. The van der Waals surface area contributed by atoms with Crippen LogP contribution in [0.1, 0.15) is 59.3 Å². The molecule has 14 heavy (non-hydrogen) atoms. The summed E-state index contributed by atoms with van der Waals surface area (Å²) in [7, 11) is 0. The predicted molar refractivity (Wildman–Crippen MR) is 64.8 cm³/mol. The largest absolute Gasteiger partial charge is 0.123 e. The van der Waals surface area contributed by atoms with E-state index in [0.29, 0.717) is 5.38 Å². The smallest absolute Gasteiger partial charge is 0.0361 e. The average molecular weight is 217 g/mol. The third-order valence-electron chi connectivity index (χ3n) is 3.47. The van der Waals surface area contributed by atoms with Crippen LogP contribution in [-0.2, 0) is 0 Å². The Labute approximate surface area is 94.4 Å². The second-order valence-corrected chi connectivity index (χ2v) is 6.07. The first-order valence-corrected chi connectivity index (χ1v) is 6.67. The monoisotopic (exact) mass is 216 g/mol. The molecule has 1 aliphatic rings. The summed E-state index contributed by atoms with van der Waals surface area (Å²) in [5, 5.41) is 0.435. The fraction of sp³-hybridized carbons (Fsp3) is 1.00. The molecule has 0 aromatic carbocycles. The van der Waals surface area contributed by atoms with Crippen molar-refractivity contribution in [2.75, 3.05) is 0 Å². The van der Waals surface area contributed by atoms with E-state index in [1.165, 1.54) is 38.5 Å². The van der Waals surface area contributed by atoms with E-state index < -0.39 is 0 Å². The standard InChI is InChI=1S/C13H25Cl/c1-10(2)8-12-6-4-5-7-13(14)11(3)9-12/h10-13H,4-9H2,1-3H3. The van der Waals surface area contributed by atoms with E-state index in [-0.39, 0.29) is 0 Å². The van der Waals surface area contributed by atoms with Gasteiger partial charge in [0.2, 0.25) is 0 Å². The first-order chi connectivity index (χ1) is 6.59. The van der Waals surface area contributed by atoms with Crippen molar-refractivity contribution in [3.63, 3.8) is 0 Å². The molecule has 0 amide bonds. The molecule has 0 bridgehead atoms. The molecule has 0 aromatic rings. The van der Waals surface area contributed by atoms with E-state index in [0.717, 1.165) is 17.8 Å². The fourth-order valence-corrected chi connectivity index (χ4v) is 2.99. The van der Waals surface area contributed by atoms with E-state index in [1.807, 2.05) is 0 Å². The molecule has 3 unspecified atom stereocenters. The van der Waals surface area contributed by atoms with Gasteiger partial charge < -0.3 is 0 Å². The molecule has 0 saturated heterocycles. The van der Waals surface area contributed by atoms with Gasteiger partial charge in [0.05, 0.1) is 0 Å². The van der Waals surface area contributed by atoms with Crippen LogP contribution < -0.4 is 0 Å². The Balaban J connectivity index is 2.42.